The van der Waals surface area contributed by atoms with Crippen LogP contribution in [0.4, 0.5) is 17.6 Å². The number of allylic oxidation sites excluding steroid dienone is 2. The van der Waals surface area contributed by atoms with E-state index in [2.05, 4.69) is 4.74 Å². The van der Waals surface area contributed by atoms with E-state index in [0.717, 1.165) is 32.1 Å². The van der Waals surface area contributed by atoms with Crippen molar-refractivity contribution in [3.63, 3.8) is 0 Å². The summed E-state index contributed by atoms with van der Waals surface area (Å²) in [6.45, 7) is 0.263. The van der Waals surface area contributed by atoms with Crippen molar-refractivity contribution in [2.45, 2.75) is 57.7 Å². The number of rotatable bonds is 8. The highest BCUT2D eigenvalue weighted by Crippen LogP contribution is 2.38. The third-order valence-electron chi connectivity index (χ3n) is 4.99. The molecule has 0 unspecified atom stereocenters. The van der Waals surface area contributed by atoms with Crippen molar-refractivity contribution < 1.29 is 27.0 Å². The number of hydrogen-bond donors (Lipinski definition) is 0. The number of hydrogen-bond acceptors (Lipinski definition) is 2. The van der Waals surface area contributed by atoms with E-state index in [9.17, 15) is 17.6 Å². The lowest BCUT2D eigenvalue weighted by molar-refractivity contribution is -0.276. The predicted octanol–water partition coefficient (Wildman–Crippen LogP) is 6.19. The zero-order valence-corrected chi connectivity index (χ0v) is 14.7. The molecule has 2 nitrogen and oxygen atoms in total. The van der Waals surface area contributed by atoms with Gasteiger partial charge in [-0.05, 0) is 49.1 Å². The van der Waals surface area contributed by atoms with E-state index in [1.165, 1.54) is 25.0 Å². The fourth-order valence-electron chi connectivity index (χ4n) is 3.34. The van der Waals surface area contributed by atoms with Crippen LogP contribution >= 0.6 is 0 Å². The molecule has 144 valence electrons. The Morgan fingerprint density at radius 2 is 1.81 bits per heavy atom. The standard InChI is InChI=1S/C20H24F4O2/c21-18-16(7-3-6-14-4-1-2-5-14)10-11-17(19(18)26-20(22,23)24)25-13-12-15-8-9-15/h3,6,10-11,14-15H,1-2,4-5,7-9,12-13H2/b6-3+. The monoisotopic (exact) mass is 372 g/mol. The molecule has 1 aromatic carbocycles. The molecule has 0 amide bonds. The van der Waals surface area contributed by atoms with E-state index in [1.807, 2.05) is 12.2 Å². The summed E-state index contributed by atoms with van der Waals surface area (Å²) < 4.78 is 62.0. The Bertz CT molecular complexity index is 629. The molecular formula is C20H24F4O2. The lowest BCUT2D eigenvalue weighted by Crippen LogP contribution is -2.19. The highest BCUT2D eigenvalue weighted by molar-refractivity contribution is 5.45. The molecular weight excluding hydrogens is 348 g/mol. The maximum atomic E-state index is 14.6. The zero-order valence-electron chi connectivity index (χ0n) is 14.7. The molecule has 2 fully saturated rings. The molecule has 0 spiro atoms. The van der Waals surface area contributed by atoms with Gasteiger partial charge in [-0.25, -0.2) is 4.39 Å². The molecule has 0 N–H and O–H groups in total. The van der Waals surface area contributed by atoms with E-state index >= 15 is 0 Å². The highest BCUT2D eigenvalue weighted by Gasteiger charge is 2.35. The largest absolute Gasteiger partial charge is 0.573 e. The summed E-state index contributed by atoms with van der Waals surface area (Å²) in [5.74, 6) is -0.979. The Hall–Kier alpha value is -1.72. The Kier molecular flexibility index (Phi) is 6.09. The maximum absolute atomic E-state index is 14.6. The molecule has 6 heteroatoms. The van der Waals surface area contributed by atoms with Gasteiger partial charge in [0.1, 0.15) is 0 Å². The Balaban J connectivity index is 1.70. The van der Waals surface area contributed by atoms with Gasteiger partial charge in [-0.15, -0.1) is 13.2 Å². The van der Waals surface area contributed by atoms with Crippen molar-refractivity contribution in [3.05, 3.63) is 35.7 Å². The Morgan fingerprint density at radius 3 is 2.46 bits per heavy atom. The summed E-state index contributed by atoms with van der Waals surface area (Å²) in [6, 6.07) is 2.85. The van der Waals surface area contributed by atoms with E-state index in [4.69, 9.17) is 4.74 Å². The molecule has 0 bridgehead atoms. The van der Waals surface area contributed by atoms with Crippen LogP contribution in [0.3, 0.4) is 0 Å². The summed E-state index contributed by atoms with van der Waals surface area (Å²) in [6.07, 6.45) is 6.78. The van der Waals surface area contributed by atoms with Gasteiger partial charge in [0.05, 0.1) is 6.61 Å². The first-order chi connectivity index (χ1) is 12.4. The van der Waals surface area contributed by atoms with E-state index in [1.54, 1.807) is 0 Å². The second-order valence-electron chi connectivity index (χ2n) is 7.17. The second-order valence-corrected chi connectivity index (χ2v) is 7.17. The van der Waals surface area contributed by atoms with Crippen LogP contribution in [0.1, 0.15) is 50.5 Å². The van der Waals surface area contributed by atoms with Crippen LogP contribution in [0.15, 0.2) is 24.3 Å². The molecule has 0 atom stereocenters. The third-order valence-corrected chi connectivity index (χ3v) is 4.99. The summed E-state index contributed by atoms with van der Waals surface area (Å²) in [7, 11) is 0. The smallest absolute Gasteiger partial charge is 0.490 e. The second kappa shape index (κ2) is 8.31. The van der Waals surface area contributed by atoms with E-state index in [-0.39, 0.29) is 24.3 Å². The average Bonchev–Trinajstić information content (AvgIpc) is 3.25. The average molecular weight is 372 g/mol. The van der Waals surface area contributed by atoms with Crippen molar-refractivity contribution in [1.29, 1.82) is 0 Å². The summed E-state index contributed by atoms with van der Waals surface area (Å²) in [5, 5.41) is 0. The van der Waals surface area contributed by atoms with Crippen molar-refractivity contribution in [1.82, 2.24) is 0 Å². The van der Waals surface area contributed by atoms with Gasteiger partial charge in [-0.1, -0.05) is 43.9 Å². The zero-order chi connectivity index (χ0) is 18.6. The van der Waals surface area contributed by atoms with Crippen LogP contribution in [-0.2, 0) is 6.42 Å². The van der Waals surface area contributed by atoms with Gasteiger partial charge in [-0.3, -0.25) is 0 Å². The first kappa shape index (κ1) is 19.1. The van der Waals surface area contributed by atoms with Crippen molar-refractivity contribution in [2.24, 2.45) is 11.8 Å². The van der Waals surface area contributed by atoms with E-state index in [0.29, 0.717) is 11.8 Å². The van der Waals surface area contributed by atoms with Gasteiger partial charge in [-0.2, -0.15) is 0 Å². The molecule has 1 aromatic rings. The lowest BCUT2D eigenvalue weighted by Gasteiger charge is -2.16. The van der Waals surface area contributed by atoms with Gasteiger partial charge in [0.2, 0.25) is 5.75 Å². The van der Waals surface area contributed by atoms with Crippen LogP contribution in [0, 0.1) is 17.7 Å². The van der Waals surface area contributed by atoms with Gasteiger partial charge < -0.3 is 9.47 Å². The minimum atomic E-state index is -4.96. The van der Waals surface area contributed by atoms with Crippen LogP contribution in [-0.4, -0.2) is 13.0 Å². The van der Waals surface area contributed by atoms with Gasteiger partial charge in [0.25, 0.3) is 0 Å². The van der Waals surface area contributed by atoms with E-state index < -0.39 is 17.9 Å². The topological polar surface area (TPSA) is 18.5 Å². The molecule has 2 aliphatic rings. The van der Waals surface area contributed by atoms with Gasteiger partial charge in [0, 0.05) is 0 Å². The first-order valence-corrected chi connectivity index (χ1v) is 9.29. The van der Waals surface area contributed by atoms with Crippen LogP contribution in [0.5, 0.6) is 11.5 Å². The fraction of sp³-hybridized carbons (Fsp3) is 0.600. The lowest BCUT2D eigenvalue weighted by atomic mass is 10.1. The minimum absolute atomic E-state index is 0.174. The molecule has 0 heterocycles. The van der Waals surface area contributed by atoms with Gasteiger partial charge >= 0.3 is 6.36 Å². The van der Waals surface area contributed by atoms with Crippen LogP contribution in [0.25, 0.3) is 0 Å². The third kappa shape index (κ3) is 5.64. The molecule has 3 rings (SSSR count). The van der Waals surface area contributed by atoms with Crippen molar-refractivity contribution in [2.75, 3.05) is 6.61 Å². The summed E-state index contributed by atoms with van der Waals surface area (Å²) in [5.41, 5.74) is 0.174. The SMILES string of the molecule is Fc1c(C/C=C/C2CCCC2)ccc(OCCC2CC2)c1OC(F)(F)F. The molecule has 0 aliphatic heterocycles. The number of alkyl halides is 3. The van der Waals surface area contributed by atoms with Crippen molar-refractivity contribution >= 4 is 0 Å². The number of benzene rings is 1. The Labute approximate surface area is 151 Å². The summed E-state index contributed by atoms with van der Waals surface area (Å²) in [4.78, 5) is 0. The predicted molar refractivity (Wildman–Crippen MR) is 90.7 cm³/mol. The molecule has 26 heavy (non-hydrogen) atoms. The number of ether oxygens (including phenoxy) is 2. The quantitative estimate of drug-likeness (QED) is 0.400. The van der Waals surface area contributed by atoms with Crippen LogP contribution < -0.4 is 9.47 Å². The maximum Gasteiger partial charge on any atom is 0.573 e. The minimum Gasteiger partial charge on any atom is -0.490 e. The first-order valence-electron chi connectivity index (χ1n) is 9.29. The van der Waals surface area contributed by atoms with Gasteiger partial charge in [0.15, 0.2) is 11.6 Å². The molecule has 2 saturated carbocycles. The molecule has 2 aliphatic carbocycles. The number of halogens is 4. The van der Waals surface area contributed by atoms with Crippen LogP contribution in [0.2, 0.25) is 0 Å². The molecule has 0 aromatic heterocycles. The summed E-state index contributed by atoms with van der Waals surface area (Å²) >= 11 is 0. The normalized spacial score (nSPS) is 18.6. The fourth-order valence-corrected chi connectivity index (χ4v) is 3.34. The Morgan fingerprint density at radius 1 is 1.08 bits per heavy atom. The highest BCUT2D eigenvalue weighted by atomic mass is 19.4. The molecule has 0 saturated heterocycles. The molecule has 0 radical (unpaired) electrons. The van der Waals surface area contributed by atoms with Crippen molar-refractivity contribution in [3.8, 4) is 11.5 Å².